The number of nitrogens with one attached hydrogen (secondary N) is 1. The van der Waals surface area contributed by atoms with E-state index in [4.69, 9.17) is 18.9 Å². The maximum absolute atomic E-state index is 13.5. The van der Waals surface area contributed by atoms with Crippen LogP contribution in [0.3, 0.4) is 0 Å². The highest BCUT2D eigenvalue weighted by molar-refractivity contribution is 7.09. The molecule has 4 rings (SSSR count). The summed E-state index contributed by atoms with van der Waals surface area (Å²) in [6, 6.07) is 14.3. The van der Waals surface area contributed by atoms with Gasteiger partial charge >= 0.3 is 0 Å². The van der Waals surface area contributed by atoms with Crippen LogP contribution in [0.25, 0.3) is 0 Å². The number of piperidine rings is 1. The maximum atomic E-state index is 13.5. The smallest absolute Gasteiger partial charge is 0.227 e. The third-order valence-corrected chi connectivity index (χ3v) is 7.21. The van der Waals surface area contributed by atoms with Crippen LogP contribution in [0.4, 0.5) is 5.69 Å². The van der Waals surface area contributed by atoms with Gasteiger partial charge in [-0.3, -0.25) is 9.59 Å². The molecule has 1 aliphatic rings. The number of anilines is 1. The summed E-state index contributed by atoms with van der Waals surface area (Å²) in [6.07, 6.45) is 0.674. The lowest BCUT2D eigenvalue weighted by Gasteiger charge is -2.41. The van der Waals surface area contributed by atoms with Gasteiger partial charge in [-0.25, -0.2) is 0 Å². The Labute approximate surface area is 214 Å². The number of rotatable bonds is 9. The second kappa shape index (κ2) is 11.3. The van der Waals surface area contributed by atoms with Crippen LogP contribution in [-0.4, -0.2) is 40.3 Å². The van der Waals surface area contributed by atoms with Gasteiger partial charge in [-0.1, -0.05) is 18.2 Å². The number of methoxy groups -OCH3 is 4. The second-order valence-corrected chi connectivity index (χ2v) is 9.34. The highest BCUT2D eigenvalue weighted by Crippen LogP contribution is 2.46. The predicted octanol–water partition coefficient (Wildman–Crippen LogP) is 4.58. The lowest BCUT2D eigenvalue weighted by Crippen LogP contribution is -2.48. The molecule has 1 saturated heterocycles. The lowest BCUT2D eigenvalue weighted by atomic mass is 9.83. The number of hydrogen-bond donors (Lipinski definition) is 1. The van der Waals surface area contributed by atoms with E-state index in [9.17, 15) is 9.59 Å². The van der Waals surface area contributed by atoms with Crippen molar-refractivity contribution in [1.29, 1.82) is 0 Å². The summed E-state index contributed by atoms with van der Waals surface area (Å²) in [4.78, 5) is 29.7. The Hall–Kier alpha value is -3.72. The Kier molecular flexibility index (Phi) is 8.00. The molecule has 0 unspecified atom stereocenters. The topological polar surface area (TPSA) is 86.3 Å². The number of nitrogens with zero attached hydrogens (tertiary/aromatic N) is 1. The summed E-state index contributed by atoms with van der Waals surface area (Å²) in [5.41, 5.74) is 1.39. The second-order valence-electron chi connectivity index (χ2n) is 8.31. The first-order valence-corrected chi connectivity index (χ1v) is 12.4. The van der Waals surface area contributed by atoms with Gasteiger partial charge in [0.05, 0.1) is 52.6 Å². The van der Waals surface area contributed by atoms with E-state index in [0.29, 0.717) is 41.7 Å². The number of ether oxygens (including phenoxy) is 4. The van der Waals surface area contributed by atoms with E-state index in [-0.39, 0.29) is 18.2 Å². The molecular weight excluding hydrogens is 480 g/mol. The van der Waals surface area contributed by atoms with Crippen LogP contribution in [-0.2, 0) is 16.1 Å². The third kappa shape index (κ3) is 5.11. The number of hydrogen-bond acceptors (Lipinski definition) is 7. The van der Waals surface area contributed by atoms with Gasteiger partial charge in [-0.2, -0.15) is 0 Å². The van der Waals surface area contributed by atoms with Crippen LogP contribution in [0, 0.1) is 5.92 Å². The average molecular weight is 511 g/mol. The van der Waals surface area contributed by atoms with E-state index in [1.807, 2.05) is 41.8 Å². The van der Waals surface area contributed by atoms with Gasteiger partial charge in [0, 0.05) is 23.4 Å². The molecule has 2 aromatic carbocycles. The molecule has 36 heavy (non-hydrogen) atoms. The quantitative estimate of drug-likeness (QED) is 0.453. The number of carbonyl (C=O) groups excluding carboxylic acids is 2. The number of benzene rings is 2. The molecule has 8 nitrogen and oxygen atoms in total. The largest absolute Gasteiger partial charge is 0.497 e. The van der Waals surface area contributed by atoms with Crippen molar-refractivity contribution >= 4 is 28.8 Å². The number of amides is 2. The maximum Gasteiger partial charge on any atom is 0.227 e. The zero-order chi connectivity index (χ0) is 25.7. The minimum absolute atomic E-state index is 0.0904. The van der Waals surface area contributed by atoms with E-state index in [2.05, 4.69) is 5.32 Å². The average Bonchev–Trinajstić information content (AvgIpc) is 3.44. The molecule has 3 aromatic rings. The van der Waals surface area contributed by atoms with Crippen LogP contribution in [0.5, 0.6) is 23.0 Å². The fourth-order valence-electron chi connectivity index (χ4n) is 4.58. The molecule has 1 fully saturated rings. The summed E-state index contributed by atoms with van der Waals surface area (Å²) in [6.45, 7) is 0.445. The van der Waals surface area contributed by atoms with Crippen molar-refractivity contribution in [3.63, 3.8) is 0 Å². The van der Waals surface area contributed by atoms with Crippen LogP contribution >= 0.6 is 11.3 Å². The number of thiophene rings is 1. The molecule has 1 aromatic heterocycles. The Morgan fingerprint density at radius 2 is 1.69 bits per heavy atom. The fourth-order valence-corrected chi connectivity index (χ4v) is 5.22. The molecule has 0 bridgehead atoms. The van der Waals surface area contributed by atoms with Crippen LogP contribution < -0.4 is 29.2 Å². The van der Waals surface area contributed by atoms with Crippen LogP contribution in [0.15, 0.2) is 53.9 Å². The molecule has 2 atom stereocenters. The third-order valence-electron chi connectivity index (χ3n) is 6.34. The van der Waals surface area contributed by atoms with E-state index >= 15 is 0 Å². The van der Waals surface area contributed by atoms with Gasteiger partial charge in [0.1, 0.15) is 5.75 Å². The van der Waals surface area contributed by atoms with E-state index in [1.54, 1.807) is 35.5 Å². The van der Waals surface area contributed by atoms with Crippen molar-refractivity contribution in [1.82, 2.24) is 5.32 Å². The van der Waals surface area contributed by atoms with E-state index < -0.39 is 12.0 Å². The summed E-state index contributed by atoms with van der Waals surface area (Å²) >= 11 is 1.59. The molecule has 2 amide bonds. The van der Waals surface area contributed by atoms with Crippen molar-refractivity contribution in [3.8, 4) is 23.0 Å². The SMILES string of the molecule is COc1ccc([C@H]2[C@H](C(=O)NCc3cccs3)CCC(=O)N2c2cc(OC)c(OC)c(OC)c2)cc1. The molecule has 0 saturated carbocycles. The molecule has 0 spiro atoms. The van der Waals surface area contributed by atoms with Crippen molar-refractivity contribution in [2.45, 2.75) is 25.4 Å². The molecule has 2 heterocycles. The summed E-state index contributed by atoms with van der Waals surface area (Å²) in [7, 11) is 6.18. The summed E-state index contributed by atoms with van der Waals surface area (Å²) in [5.74, 6) is 1.32. The zero-order valence-corrected chi connectivity index (χ0v) is 21.6. The van der Waals surface area contributed by atoms with Gasteiger partial charge in [-0.15, -0.1) is 11.3 Å². The minimum Gasteiger partial charge on any atom is -0.497 e. The summed E-state index contributed by atoms with van der Waals surface area (Å²) < 4.78 is 21.9. The minimum atomic E-state index is -0.539. The van der Waals surface area contributed by atoms with Crippen LogP contribution in [0.2, 0.25) is 0 Å². The lowest BCUT2D eigenvalue weighted by molar-refractivity contribution is -0.129. The normalized spacial score (nSPS) is 17.4. The Bertz CT molecular complexity index is 1170. The highest BCUT2D eigenvalue weighted by Gasteiger charge is 2.42. The van der Waals surface area contributed by atoms with Crippen molar-refractivity contribution < 1.29 is 28.5 Å². The first kappa shape index (κ1) is 25.4. The van der Waals surface area contributed by atoms with Gasteiger partial charge < -0.3 is 29.2 Å². The molecule has 1 N–H and O–H groups in total. The van der Waals surface area contributed by atoms with E-state index in [1.165, 1.54) is 21.3 Å². The highest BCUT2D eigenvalue weighted by atomic mass is 32.1. The van der Waals surface area contributed by atoms with Gasteiger partial charge in [0.25, 0.3) is 0 Å². The van der Waals surface area contributed by atoms with Crippen molar-refractivity contribution in [2.24, 2.45) is 5.92 Å². The van der Waals surface area contributed by atoms with Gasteiger partial charge in [0.15, 0.2) is 11.5 Å². The molecule has 1 aliphatic heterocycles. The standard InChI is InChI=1S/C27H30N2O6S/c1-32-19-9-7-17(8-10-19)25-21(27(31)28-16-20-6-5-13-36-20)11-12-24(30)29(25)18-14-22(33-2)26(35-4)23(15-18)34-3/h5-10,13-15,21,25H,11-12,16H2,1-4H3,(H,28,31)/t21-,25+/m1/s1. The van der Waals surface area contributed by atoms with Gasteiger partial charge in [0.2, 0.25) is 17.6 Å². The zero-order valence-electron chi connectivity index (χ0n) is 20.8. The van der Waals surface area contributed by atoms with Crippen molar-refractivity contribution in [2.75, 3.05) is 33.3 Å². The molecule has 9 heteroatoms. The molecule has 190 valence electrons. The number of carbonyl (C=O) groups is 2. The molecular formula is C27H30N2O6S. The first-order valence-electron chi connectivity index (χ1n) is 11.6. The summed E-state index contributed by atoms with van der Waals surface area (Å²) in [5, 5.41) is 5.05. The first-order chi connectivity index (χ1) is 17.5. The van der Waals surface area contributed by atoms with Gasteiger partial charge in [-0.05, 0) is 35.6 Å². The monoisotopic (exact) mass is 510 g/mol. The van der Waals surface area contributed by atoms with E-state index in [0.717, 1.165) is 10.4 Å². The van der Waals surface area contributed by atoms with Crippen molar-refractivity contribution in [3.05, 3.63) is 64.4 Å². The molecule has 0 radical (unpaired) electrons. The fraction of sp³-hybridized carbons (Fsp3) is 0.333. The predicted molar refractivity (Wildman–Crippen MR) is 138 cm³/mol. The Morgan fingerprint density at radius 3 is 2.25 bits per heavy atom. The molecule has 0 aliphatic carbocycles. The van der Waals surface area contributed by atoms with Crippen LogP contribution in [0.1, 0.15) is 29.3 Å². The Morgan fingerprint density at radius 1 is 1.00 bits per heavy atom. The Balaban J connectivity index is 1.77.